The van der Waals surface area contributed by atoms with Gasteiger partial charge in [-0.2, -0.15) is 0 Å². The summed E-state index contributed by atoms with van der Waals surface area (Å²) in [7, 11) is 0. The summed E-state index contributed by atoms with van der Waals surface area (Å²) in [5, 5.41) is 0.896. The number of aryl methyl sites for hydroxylation is 2. The average molecular weight is 269 g/mol. The lowest BCUT2D eigenvalue weighted by molar-refractivity contribution is 0.0528. The molecule has 0 aromatic carbocycles. The Morgan fingerprint density at radius 3 is 2.85 bits per heavy atom. The van der Waals surface area contributed by atoms with Crippen LogP contribution in [0.2, 0.25) is 0 Å². The molecule has 20 heavy (non-hydrogen) atoms. The lowest BCUT2D eigenvalue weighted by Gasteiger charge is -2.08. The number of fused-ring (bicyclic) bond motifs is 3. The van der Waals surface area contributed by atoms with Gasteiger partial charge in [-0.05, 0) is 39.0 Å². The van der Waals surface area contributed by atoms with Crippen molar-refractivity contribution in [2.75, 3.05) is 6.61 Å². The second-order valence-corrected chi connectivity index (χ2v) is 4.70. The molecule has 3 rings (SSSR count). The van der Waals surface area contributed by atoms with Crippen molar-refractivity contribution >= 4 is 22.6 Å². The summed E-state index contributed by atoms with van der Waals surface area (Å²) in [6.07, 6.45) is 1.74. The third-order valence-corrected chi connectivity index (χ3v) is 3.23. The molecular formula is C15H15N3O2. The van der Waals surface area contributed by atoms with E-state index in [-0.39, 0.29) is 5.97 Å². The minimum Gasteiger partial charge on any atom is -0.462 e. The molecule has 0 amide bonds. The molecule has 3 aromatic heterocycles. The zero-order valence-corrected chi connectivity index (χ0v) is 11.7. The Bertz CT molecular complexity index is 821. The van der Waals surface area contributed by atoms with Gasteiger partial charge in [0.05, 0.1) is 6.61 Å². The van der Waals surface area contributed by atoms with Gasteiger partial charge in [0.15, 0.2) is 5.65 Å². The number of carbonyl (C=O) groups excluding carboxylic acids is 1. The van der Waals surface area contributed by atoms with Gasteiger partial charge in [-0.15, -0.1) is 0 Å². The summed E-state index contributed by atoms with van der Waals surface area (Å²) >= 11 is 0. The van der Waals surface area contributed by atoms with Crippen LogP contribution in [0, 0.1) is 13.8 Å². The SMILES string of the molecule is CCOC(=O)c1cc2ccc(C)nc2n2c(C)cnc12. The highest BCUT2D eigenvalue weighted by Crippen LogP contribution is 2.22. The monoisotopic (exact) mass is 269 g/mol. The Balaban J connectivity index is 2.41. The Morgan fingerprint density at radius 1 is 1.30 bits per heavy atom. The normalized spacial score (nSPS) is 11.2. The summed E-state index contributed by atoms with van der Waals surface area (Å²) in [5.74, 6) is -0.356. The number of esters is 1. The highest BCUT2D eigenvalue weighted by Gasteiger charge is 2.17. The highest BCUT2D eigenvalue weighted by atomic mass is 16.5. The van der Waals surface area contributed by atoms with Crippen molar-refractivity contribution in [3.63, 3.8) is 0 Å². The molecule has 5 nitrogen and oxygen atoms in total. The van der Waals surface area contributed by atoms with Crippen LogP contribution >= 0.6 is 0 Å². The smallest absolute Gasteiger partial charge is 0.341 e. The molecule has 0 bridgehead atoms. The molecule has 0 radical (unpaired) electrons. The molecule has 0 unspecified atom stereocenters. The number of ether oxygens (including phenoxy) is 1. The summed E-state index contributed by atoms with van der Waals surface area (Å²) in [5.41, 5.74) is 3.73. The molecule has 0 saturated carbocycles. The zero-order valence-electron chi connectivity index (χ0n) is 11.7. The van der Waals surface area contributed by atoms with E-state index in [2.05, 4.69) is 9.97 Å². The van der Waals surface area contributed by atoms with E-state index in [4.69, 9.17) is 4.74 Å². The number of hydrogen-bond donors (Lipinski definition) is 0. The van der Waals surface area contributed by atoms with Crippen LogP contribution in [-0.2, 0) is 4.74 Å². The molecule has 102 valence electrons. The number of hydrogen-bond acceptors (Lipinski definition) is 4. The Kier molecular flexibility index (Phi) is 2.89. The van der Waals surface area contributed by atoms with E-state index in [0.717, 1.165) is 22.4 Å². The van der Waals surface area contributed by atoms with Crippen LogP contribution in [0.3, 0.4) is 0 Å². The number of imidazole rings is 1. The largest absolute Gasteiger partial charge is 0.462 e. The summed E-state index contributed by atoms with van der Waals surface area (Å²) in [4.78, 5) is 21.0. The van der Waals surface area contributed by atoms with Crippen molar-refractivity contribution in [3.8, 4) is 0 Å². The second-order valence-electron chi connectivity index (χ2n) is 4.70. The first-order valence-corrected chi connectivity index (χ1v) is 6.53. The van der Waals surface area contributed by atoms with Crippen LogP contribution in [-0.4, -0.2) is 26.9 Å². The Labute approximate surface area is 116 Å². The van der Waals surface area contributed by atoms with Gasteiger partial charge in [-0.1, -0.05) is 0 Å². The molecule has 3 aromatic rings. The van der Waals surface area contributed by atoms with Gasteiger partial charge in [-0.25, -0.2) is 14.8 Å². The van der Waals surface area contributed by atoms with Gasteiger partial charge in [0, 0.05) is 23.0 Å². The summed E-state index contributed by atoms with van der Waals surface area (Å²) in [6, 6.07) is 5.68. The van der Waals surface area contributed by atoms with Crippen molar-refractivity contribution in [3.05, 3.63) is 41.3 Å². The van der Waals surface area contributed by atoms with E-state index in [1.807, 2.05) is 30.4 Å². The van der Waals surface area contributed by atoms with E-state index < -0.39 is 0 Å². The topological polar surface area (TPSA) is 56.5 Å². The maximum Gasteiger partial charge on any atom is 0.341 e. The molecule has 0 saturated heterocycles. The van der Waals surface area contributed by atoms with Gasteiger partial charge in [-0.3, -0.25) is 4.40 Å². The molecule has 0 aliphatic heterocycles. The maximum atomic E-state index is 12.1. The number of carbonyl (C=O) groups is 1. The van der Waals surface area contributed by atoms with Crippen molar-refractivity contribution in [1.82, 2.24) is 14.4 Å². The molecular weight excluding hydrogens is 254 g/mol. The number of nitrogens with zero attached hydrogens (tertiary/aromatic N) is 3. The Morgan fingerprint density at radius 2 is 2.10 bits per heavy atom. The first-order chi connectivity index (χ1) is 9.61. The van der Waals surface area contributed by atoms with Crippen LogP contribution in [0.5, 0.6) is 0 Å². The molecule has 0 fully saturated rings. The summed E-state index contributed by atoms with van der Waals surface area (Å²) < 4.78 is 7.00. The molecule has 0 spiro atoms. The van der Waals surface area contributed by atoms with Crippen LogP contribution in [0.25, 0.3) is 16.7 Å². The standard InChI is InChI=1S/C15H15N3O2/c1-4-20-15(19)12-7-11-6-5-9(2)17-13(11)18-10(3)8-16-14(12)18/h5-8H,4H2,1-3H3. The minimum absolute atomic E-state index is 0.342. The van der Waals surface area contributed by atoms with E-state index >= 15 is 0 Å². The lowest BCUT2D eigenvalue weighted by atomic mass is 10.2. The van der Waals surface area contributed by atoms with Crippen molar-refractivity contribution in [2.24, 2.45) is 0 Å². The van der Waals surface area contributed by atoms with Crippen molar-refractivity contribution in [1.29, 1.82) is 0 Å². The van der Waals surface area contributed by atoms with Crippen LogP contribution in [0.4, 0.5) is 0 Å². The number of rotatable bonds is 2. The van der Waals surface area contributed by atoms with Gasteiger partial charge in [0.2, 0.25) is 0 Å². The highest BCUT2D eigenvalue weighted by molar-refractivity contribution is 6.00. The van der Waals surface area contributed by atoms with Crippen LogP contribution in [0.15, 0.2) is 24.4 Å². The van der Waals surface area contributed by atoms with E-state index in [1.165, 1.54) is 0 Å². The first-order valence-electron chi connectivity index (χ1n) is 6.53. The first kappa shape index (κ1) is 12.6. The second kappa shape index (κ2) is 4.59. The zero-order chi connectivity index (χ0) is 14.3. The van der Waals surface area contributed by atoms with Crippen molar-refractivity contribution < 1.29 is 9.53 Å². The quantitative estimate of drug-likeness (QED) is 0.671. The van der Waals surface area contributed by atoms with Gasteiger partial charge in [0.1, 0.15) is 11.2 Å². The van der Waals surface area contributed by atoms with E-state index in [9.17, 15) is 4.79 Å². The fourth-order valence-corrected chi connectivity index (χ4v) is 2.32. The molecule has 5 heteroatoms. The molecule has 0 atom stereocenters. The minimum atomic E-state index is -0.356. The molecule has 0 N–H and O–H groups in total. The van der Waals surface area contributed by atoms with Gasteiger partial charge in [0.25, 0.3) is 0 Å². The fourth-order valence-electron chi connectivity index (χ4n) is 2.32. The molecule has 0 aliphatic carbocycles. The maximum absolute atomic E-state index is 12.1. The van der Waals surface area contributed by atoms with E-state index in [0.29, 0.717) is 17.8 Å². The molecule has 3 heterocycles. The molecule has 0 aliphatic rings. The van der Waals surface area contributed by atoms with E-state index in [1.54, 1.807) is 19.2 Å². The summed E-state index contributed by atoms with van der Waals surface area (Å²) in [6.45, 7) is 6.02. The Hall–Kier alpha value is -2.43. The van der Waals surface area contributed by atoms with Crippen LogP contribution < -0.4 is 0 Å². The number of aromatic nitrogens is 3. The average Bonchev–Trinajstić information content (AvgIpc) is 2.81. The predicted molar refractivity (Wildman–Crippen MR) is 75.9 cm³/mol. The predicted octanol–water partition coefficient (Wildman–Crippen LogP) is 2.68. The van der Waals surface area contributed by atoms with Crippen molar-refractivity contribution in [2.45, 2.75) is 20.8 Å². The van der Waals surface area contributed by atoms with Crippen LogP contribution in [0.1, 0.15) is 28.7 Å². The third kappa shape index (κ3) is 1.82. The van der Waals surface area contributed by atoms with Gasteiger partial charge >= 0.3 is 5.97 Å². The lowest BCUT2D eigenvalue weighted by Crippen LogP contribution is -2.08. The number of pyridine rings is 2. The van der Waals surface area contributed by atoms with Gasteiger partial charge < -0.3 is 4.74 Å². The third-order valence-electron chi connectivity index (χ3n) is 3.23. The fraction of sp³-hybridized carbons (Fsp3) is 0.267.